The van der Waals surface area contributed by atoms with E-state index in [0.29, 0.717) is 91.1 Å². The fourth-order valence-electron chi connectivity index (χ4n) is 5.60. The highest BCUT2D eigenvalue weighted by molar-refractivity contribution is 6.32. The van der Waals surface area contributed by atoms with Crippen LogP contribution >= 0.6 is 11.6 Å². The molecule has 4 rings (SSSR count). The van der Waals surface area contributed by atoms with Crippen molar-refractivity contribution in [2.75, 3.05) is 26.7 Å². The molecular formula is C29H32ClF3N2O4. The van der Waals surface area contributed by atoms with Gasteiger partial charge in [-0.3, -0.25) is 9.78 Å². The average molecular weight is 565 g/mol. The molecule has 6 nitrogen and oxygen atoms in total. The number of hydrogen-bond donors (Lipinski definition) is 2. The molecule has 1 atom stereocenters. The first-order valence-electron chi connectivity index (χ1n) is 13.0. The number of likely N-dealkylation sites (tertiary alicyclic amines) is 1. The van der Waals surface area contributed by atoms with Crippen molar-refractivity contribution < 1.29 is 32.9 Å². The van der Waals surface area contributed by atoms with Crippen LogP contribution in [-0.2, 0) is 11.2 Å². The molecule has 210 valence electrons. The first-order valence-corrected chi connectivity index (χ1v) is 13.4. The first-order chi connectivity index (χ1) is 18.6. The third-order valence-corrected chi connectivity index (χ3v) is 8.10. The number of aromatic nitrogens is 1. The largest absolute Gasteiger partial charge is 0.497 e. The first kappa shape index (κ1) is 29.1. The molecule has 1 saturated heterocycles. The van der Waals surface area contributed by atoms with Gasteiger partial charge in [0, 0.05) is 34.8 Å². The van der Waals surface area contributed by atoms with Crippen molar-refractivity contribution in [3.05, 3.63) is 70.1 Å². The fourth-order valence-corrected chi connectivity index (χ4v) is 5.87. The number of pyridine rings is 1. The average Bonchev–Trinajstić information content (AvgIpc) is 2.89. The van der Waals surface area contributed by atoms with Crippen LogP contribution in [0.5, 0.6) is 5.75 Å². The van der Waals surface area contributed by atoms with Crippen molar-refractivity contribution >= 4 is 28.5 Å². The quantitative estimate of drug-likeness (QED) is 0.284. The normalized spacial score (nSPS) is 16.4. The predicted molar refractivity (Wildman–Crippen MR) is 142 cm³/mol. The maximum Gasteiger partial charge on any atom is 0.303 e. The standard InChI is InChI=1S/C29H32ClF3N2O4/c1-39-19-4-5-25-21(15-19)28(22(30)17-34-25)26(36)6-7-29(16-27(37)38)8-11-35(12-9-29)10-2-3-20-23(32)13-18(31)14-24(20)33/h4-5,13-15,17,26,36H,2-3,6-12,16H2,1H3,(H,37,38)/t26-/m1/s1. The Hall–Kier alpha value is -2.88. The molecule has 1 aliphatic rings. The number of ether oxygens (including phenoxy) is 1. The molecule has 39 heavy (non-hydrogen) atoms. The van der Waals surface area contributed by atoms with Gasteiger partial charge in [-0.2, -0.15) is 0 Å². The lowest BCUT2D eigenvalue weighted by atomic mass is 9.71. The second kappa shape index (κ2) is 12.5. The zero-order valence-electron chi connectivity index (χ0n) is 21.7. The monoisotopic (exact) mass is 564 g/mol. The Morgan fingerprint density at radius 2 is 1.87 bits per heavy atom. The van der Waals surface area contributed by atoms with Crippen molar-refractivity contribution in [3.63, 3.8) is 0 Å². The molecular weight excluding hydrogens is 533 g/mol. The van der Waals surface area contributed by atoms with Crippen LogP contribution in [0.2, 0.25) is 5.02 Å². The van der Waals surface area contributed by atoms with Gasteiger partial charge >= 0.3 is 5.97 Å². The number of fused-ring (bicyclic) bond motifs is 1. The Kier molecular flexibility index (Phi) is 9.35. The maximum absolute atomic E-state index is 13.9. The highest BCUT2D eigenvalue weighted by Gasteiger charge is 2.37. The number of aliphatic carboxylic acids is 1. The van der Waals surface area contributed by atoms with Crippen LogP contribution in [0, 0.1) is 22.9 Å². The minimum Gasteiger partial charge on any atom is -0.497 e. The van der Waals surface area contributed by atoms with Crippen LogP contribution < -0.4 is 4.74 Å². The summed E-state index contributed by atoms with van der Waals surface area (Å²) in [4.78, 5) is 18.2. The summed E-state index contributed by atoms with van der Waals surface area (Å²) in [6, 6.07) is 6.73. The van der Waals surface area contributed by atoms with Crippen molar-refractivity contribution in [2.45, 2.75) is 51.0 Å². The Labute approximate surface area is 230 Å². The molecule has 0 amide bonds. The van der Waals surface area contributed by atoms with Crippen LogP contribution in [-0.4, -0.2) is 52.8 Å². The Morgan fingerprint density at radius 1 is 1.18 bits per heavy atom. The van der Waals surface area contributed by atoms with Crippen molar-refractivity contribution in [2.24, 2.45) is 5.41 Å². The molecule has 0 radical (unpaired) electrons. The van der Waals surface area contributed by atoms with E-state index in [4.69, 9.17) is 16.3 Å². The van der Waals surface area contributed by atoms with E-state index in [9.17, 15) is 28.2 Å². The number of methoxy groups -OCH3 is 1. The Balaban J connectivity index is 1.39. The van der Waals surface area contributed by atoms with Gasteiger partial charge in [-0.1, -0.05) is 11.6 Å². The number of halogens is 4. The van der Waals surface area contributed by atoms with E-state index in [0.717, 1.165) is 0 Å². The van der Waals surface area contributed by atoms with E-state index in [2.05, 4.69) is 9.88 Å². The zero-order chi connectivity index (χ0) is 28.2. The molecule has 3 aromatic rings. The fraction of sp³-hybridized carbons (Fsp3) is 0.448. The number of aliphatic hydroxyl groups excluding tert-OH is 1. The maximum atomic E-state index is 13.9. The highest BCUT2D eigenvalue weighted by atomic mass is 35.5. The number of carbonyl (C=O) groups is 1. The van der Waals surface area contributed by atoms with Gasteiger partial charge in [-0.25, -0.2) is 13.2 Å². The van der Waals surface area contributed by atoms with Gasteiger partial charge in [-0.15, -0.1) is 0 Å². The lowest BCUT2D eigenvalue weighted by Gasteiger charge is -2.41. The number of hydrogen-bond acceptors (Lipinski definition) is 5. The molecule has 1 fully saturated rings. The Morgan fingerprint density at radius 3 is 2.51 bits per heavy atom. The summed E-state index contributed by atoms with van der Waals surface area (Å²) in [6.45, 7) is 1.85. The van der Waals surface area contributed by atoms with E-state index in [1.165, 1.54) is 6.20 Å². The van der Waals surface area contributed by atoms with Gasteiger partial charge in [0.2, 0.25) is 0 Å². The predicted octanol–water partition coefficient (Wildman–Crippen LogP) is 6.32. The van der Waals surface area contributed by atoms with Crippen LogP contribution in [0.3, 0.4) is 0 Å². The number of carboxylic acid groups (broad SMARTS) is 1. The second-order valence-corrected chi connectivity index (χ2v) is 10.7. The summed E-state index contributed by atoms with van der Waals surface area (Å²) >= 11 is 6.44. The summed E-state index contributed by atoms with van der Waals surface area (Å²) in [6.07, 6.45) is 3.25. The van der Waals surface area contributed by atoms with E-state index in [-0.39, 0.29) is 18.4 Å². The molecule has 0 spiro atoms. The third-order valence-electron chi connectivity index (χ3n) is 7.80. The van der Waals surface area contributed by atoms with Crippen LogP contribution in [0.25, 0.3) is 10.9 Å². The third kappa shape index (κ3) is 7.01. The highest BCUT2D eigenvalue weighted by Crippen LogP contribution is 2.43. The lowest BCUT2D eigenvalue weighted by molar-refractivity contribution is -0.141. The van der Waals surface area contributed by atoms with E-state index < -0.39 is 34.9 Å². The SMILES string of the molecule is COc1ccc2ncc(Cl)c([C@H](O)CCC3(CC(=O)O)CCN(CCCc4c(F)cc(F)cc4F)CC3)c2c1. The summed E-state index contributed by atoms with van der Waals surface area (Å²) in [7, 11) is 1.55. The molecule has 2 N–H and O–H groups in total. The number of carboxylic acids is 1. The second-order valence-electron chi connectivity index (χ2n) is 10.3. The summed E-state index contributed by atoms with van der Waals surface area (Å²) in [5.74, 6) is -2.99. The molecule has 1 aliphatic heterocycles. The summed E-state index contributed by atoms with van der Waals surface area (Å²) in [5, 5.41) is 21.8. The zero-order valence-corrected chi connectivity index (χ0v) is 22.5. The number of rotatable bonds is 11. The lowest BCUT2D eigenvalue weighted by Crippen LogP contribution is -2.41. The van der Waals surface area contributed by atoms with Gasteiger partial charge < -0.3 is 19.8 Å². The topological polar surface area (TPSA) is 82.9 Å². The van der Waals surface area contributed by atoms with Gasteiger partial charge in [0.1, 0.15) is 23.2 Å². The van der Waals surface area contributed by atoms with E-state index >= 15 is 0 Å². The number of aliphatic hydroxyl groups is 1. The van der Waals surface area contributed by atoms with Crippen LogP contribution in [0.15, 0.2) is 36.5 Å². The van der Waals surface area contributed by atoms with Gasteiger partial charge in [-0.05, 0) is 81.8 Å². The van der Waals surface area contributed by atoms with Crippen molar-refractivity contribution in [3.8, 4) is 5.75 Å². The molecule has 0 saturated carbocycles. The summed E-state index contributed by atoms with van der Waals surface area (Å²) < 4.78 is 46.3. The van der Waals surface area contributed by atoms with Gasteiger partial charge in [0.05, 0.1) is 30.2 Å². The molecule has 2 aromatic carbocycles. The number of nitrogens with zero attached hydrogens (tertiary/aromatic N) is 2. The number of benzene rings is 2. The van der Waals surface area contributed by atoms with Crippen LogP contribution in [0.4, 0.5) is 13.2 Å². The molecule has 1 aromatic heterocycles. The molecule has 2 heterocycles. The molecule has 10 heteroatoms. The van der Waals surface area contributed by atoms with Crippen molar-refractivity contribution in [1.29, 1.82) is 0 Å². The molecule has 0 bridgehead atoms. The molecule has 0 aliphatic carbocycles. The smallest absolute Gasteiger partial charge is 0.303 e. The van der Waals surface area contributed by atoms with Gasteiger partial charge in [0.15, 0.2) is 0 Å². The molecule has 0 unspecified atom stereocenters. The van der Waals surface area contributed by atoms with Crippen molar-refractivity contribution in [1.82, 2.24) is 9.88 Å². The van der Waals surface area contributed by atoms with E-state index in [1.54, 1.807) is 25.3 Å². The number of piperidine rings is 1. The van der Waals surface area contributed by atoms with Crippen LogP contribution in [0.1, 0.15) is 55.8 Å². The summed E-state index contributed by atoms with van der Waals surface area (Å²) in [5.41, 5.74) is 0.598. The van der Waals surface area contributed by atoms with E-state index in [1.807, 2.05) is 0 Å². The minimum absolute atomic E-state index is 0.0157. The van der Waals surface area contributed by atoms with Gasteiger partial charge in [0.25, 0.3) is 0 Å². The minimum atomic E-state index is -0.941. The Bertz CT molecular complexity index is 1310.